The minimum Gasteiger partial charge on any atom is -0.465 e. The Morgan fingerprint density at radius 1 is 1.32 bits per heavy atom. The summed E-state index contributed by atoms with van der Waals surface area (Å²) in [5, 5.41) is 2.08. The van der Waals surface area contributed by atoms with Crippen molar-refractivity contribution in [2.75, 3.05) is 7.11 Å². The third-order valence-corrected chi connectivity index (χ3v) is 3.57. The molecule has 0 spiro atoms. The number of fused-ring (bicyclic) bond motifs is 1. The molecule has 0 aliphatic heterocycles. The number of rotatable bonds is 2. The quantitative estimate of drug-likeness (QED) is 0.595. The van der Waals surface area contributed by atoms with Gasteiger partial charge in [0, 0.05) is 0 Å². The van der Waals surface area contributed by atoms with Gasteiger partial charge in [-0.2, -0.15) is 0 Å². The fourth-order valence-corrected chi connectivity index (χ4v) is 2.47. The van der Waals surface area contributed by atoms with Gasteiger partial charge in [0.15, 0.2) is 5.69 Å². The molecule has 0 heterocycles. The number of hydrogen-bond donors (Lipinski definition) is 0. The zero-order valence-corrected chi connectivity index (χ0v) is 10.6. The lowest BCUT2D eigenvalue weighted by atomic mass is 9.97. The van der Waals surface area contributed by atoms with Crippen molar-refractivity contribution in [3.05, 3.63) is 52.9 Å². The first-order valence-electron chi connectivity index (χ1n) is 6.27. The van der Waals surface area contributed by atoms with Gasteiger partial charge in [-0.25, -0.2) is 9.64 Å². The normalized spacial score (nSPS) is 14.1. The summed E-state index contributed by atoms with van der Waals surface area (Å²) in [5.74, 6) is 0.137. The van der Waals surface area contributed by atoms with E-state index in [9.17, 15) is 4.79 Å². The number of ether oxygens (including phenoxy) is 1. The van der Waals surface area contributed by atoms with E-state index in [4.69, 9.17) is 11.3 Å². The Bertz CT molecular complexity index is 708. The Morgan fingerprint density at radius 2 is 2.05 bits per heavy atom. The summed E-state index contributed by atoms with van der Waals surface area (Å²) >= 11 is 0. The van der Waals surface area contributed by atoms with Crippen LogP contribution in [0.3, 0.4) is 0 Å². The van der Waals surface area contributed by atoms with Gasteiger partial charge >= 0.3 is 5.97 Å². The van der Waals surface area contributed by atoms with Crippen molar-refractivity contribution >= 4 is 22.4 Å². The van der Waals surface area contributed by atoms with E-state index in [1.165, 1.54) is 7.11 Å². The molecule has 1 saturated carbocycles. The highest BCUT2D eigenvalue weighted by Gasteiger charge is 2.28. The third-order valence-electron chi connectivity index (χ3n) is 3.57. The van der Waals surface area contributed by atoms with Crippen LogP contribution in [0.2, 0.25) is 0 Å². The molecule has 0 bridgehead atoms. The molecule has 3 heteroatoms. The molecule has 3 nitrogen and oxygen atoms in total. The highest BCUT2D eigenvalue weighted by molar-refractivity contribution is 5.98. The summed E-state index contributed by atoms with van der Waals surface area (Å²) in [6.07, 6.45) is 2.26. The van der Waals surface area contributed by atoms with Crippen molar-refractivity contribution < 1.29 is 9.53 Å². The van der Waals surface area contributed by atoms with Crippen LogP contribution >= 0.6 is 0 Å². The summed E-state index contributed by atoms with van der Waals surface area (Å²) in [7, 11) is 1.38. The van der Waals surface area contributed by atoms with Gasteiger partial charge in [-0.3, -0.25) is 0 Å². The van der Waals surface area contributed by atoms with Gasteiger partial charge in [-0.1, -0.05) is 18.2 Å². The van der Waals surface area contributed by atoms with Gasteiger partial charge in [0.1, 0.15) is 0 Å². The zero-order valence-electron chi connectivity index (χ0n) is 10.6. The molecule has 0 saturated heterocycles. The first-order chi connectivity index (χ1) is 9.24. The summed E-state index contributed by atoms with van der Waals surface area (Å²) in [5.41, 5.74) is 2.34. The molecule has 19 heavy (non-hydrogen) atoms. The molecule has 0 unspecified atom stereocenters. The van der Waals surface area contributed by atoms with Crippen molar-refractivity contribution in [1.82, 2.24) is 0 Å². The highest BCUT2D eigenvalue weighted by atomic mass is 16.5. The van der Waals surface area contributed by atoms with Gasteiger partial charge in [0.2, 0.25) is 0 Å². The van der Waals surface area contributed by atoms with Crippen LogP contribution in [-0.2, 0) is 4.74 Å². The van der Waals surface area contributed by atoms with Crippen LogP contribution in [-0.4, -0.2) is 13.1 Å². The predicted molar refractivity (Wildman–Crippen MR) is 73.5 cm³/mol. The molecule has 0 radical (unpaired) electrons. The van der Waals surface area contributed by atoms with E-state index in [0.717, 1.165) is 29.2 Å². The van der Waals surface area contributed by atoms with Crippen molar-refractivity contribution in [3.63, 3.8) is 0 Å². The van der Waals surface area contributed by atoms with Gasteiger partial charge in [-0.15, -0.1) is 0 Å². The minimum absolute atomic E-state index is 0.336. The highest BCUT2D eigenvalue weighted by Crippen LogP contribution is 2.47. The molecule has 0 atom stereocenters. The maximum atomic E-state index is 11.6. The molecule has 94 valence electrons. The fraction of sp³-hybridized carbons (Fsp3) is 0.250. The van der Waals surface area contributed by atoms with Crippen molar-refractivity contribution in [3.8, 4) is 0 Å². The maximum absolute atomic E-state index is 11.6. The van der Waals surface area contributed by atoms with Crippen LogP contribution in [0.5, 0.6) is 0 Å². The second kappa shape index (κ2) is 4.40. The van der Waals surface area contributed by atoms with E-state index >= 15 is 0 Å². The first-order valence-corrected chi connectivity index (χ1v) is 6.27. The van der Waals surface area contributed by atoms with Crippen molar-refractivity contribution in [2.24, 2.45) is 0 Å². The monoisotopic (exact) mass is 251 g/mol. The molecule has 3 rings (SSSR count). The SMILES string of the molecule is [C-]#[N+]c1ccc2ccc(C(=O)OC)cc2c1C1CC1. The average molecular weight is 251 g/mol. The molecular weight excluding hydrogens is 238 g/mol. The molecule has 1 fully saturated rings. The van der Waals surface area contributed by atoms with Gasteiger partial charge in [-0.05, 0) is 47.2 Å². The van der Waals surface area contributed by atoms with Gasteiger partial charge < -0.3 is 4.74 Å². The number of carbonyl (C=O) groups is 1. The molecular formula is C16H13NO2. The maximum Gasteiger partial charge on any atom is 0.337 e. The van der Waals surface area contributed by atoms with Crippen LogP contribution in [0, 0.1) is 6.57 Å². The molecule has 1 aliphatic rings. The fourth-order valence-electron chi connectivity index (χ4n) is 2.47. The summed E-state index contributed by atoms with van der Waals surface area (Å²) < 4.78 is 4.76. The topological polar surface area (TPSA) is 30.7 Å². The molecule has 0 N–H and O–H groups in total. The zero-order chi connectivity index (χ0) is 13.4. The molecule has 2 aromatic carbocycles. The molecule has 2 aromatic rings. The Morgan fingerprint density at radius 3 is 2.68 bits per heavy atom. The average Bonchev–Trinajstić information content (AvgIpc) is 3.28. The third kappa shape index (κ3) is 1.96. The summed E-state index contributed by atoms with van der Waals surface area (Å²) in [6.45, 7) is 7.29. The van der Waals surface area contributed by atoms with E-state index in [2.05, 4.69) is 4.85 Å². The van der Waals surface area contributed by atoms with Crippen molar-refractivity contribution in [2.45, 2.75) is 18.8 Å². The number of esters is 1. The van der Waals surface area contributed by atoms with Crippen molar-refractivity contribution in [1.29, 1.82) is 0 Å². The number of methoxy groups -OCH3 is 1. The molecule has 0 aromatic heterocycles. The smallest absolute Gasteiger partial charge is 0.337 e. The van der Waals surface area contributed by atoms with Crippen LogP contribution in [0.4, 0.5) is 5.69 Å². The predicted octanol–water partition coefficient (Wildman–Crippen LogP) is 4.05. The van der Waals surface area contributed by atoms with E-state index in [-0.39, 0.29) is 5.97 Å². The van der Waals surface area contributed by atoms with Crippen LogP contribution in [0.1, 0.15) is 34.7 Å². The Balaban J connectivity index is 2.27. The van der Waals surface area contributed by atoms with Crippen LogP contribution in [0.15, 0.2) is 30.3 Å². The number of hydrogen-bond acceptors (Lipinski definition) is 2. The van der Waals surface area contributed by atoms with E-state index in [1.54, 1.807) is 6.07 Å². The first kappa shape index (κ1) is 11.7. The number of carbonyl (C=O) groups excluding carboxylic acids is 1. The lowest BCUT2D eigenvalue weighted by molar-refractivity contribution is 0.0601. The molecule has 0 amide bonds. The van der Waals surface area contributed by atoms with E-state index < -0.39 is 0 Å². The van der Waals surface area contributed by atoms with Crippen LogP contribution in [0.25, 0.3) is 15.6 Å². The Labute approximate surface area is 111 Å². The number of nitrogens with zero attached hydrogens (tertiary/aromatic N) is 1. The summed E-state index contributed by atoms with van der Waals surface area (Å²) in [4.78, 5) is 15.2. The number of benzene rings is 2. The Hall–Kier alpha value is -2.34. The van der Waals surface area contributed by atoms with Gasteiger partial charge in [0.25, 0.3) is 0 Å². The lowest BCUT2D eigenvalue weighted by Gasteiger charge is -2.09. The van der Waals surface area contributed by atoms with Crippen LogP contribution < -0.4 is 0 Å². The summed E-state index contributed by atoms with van der Waals surface area (Å²) in [6, 6.07) is 9.35. The Kier molecular flexibility index (Phi) is 2.72. The second-order valence-electron chi connectivity index (χ2n) is 4.81. The largest absolute Gasteiger partial charge is 0.465 e. The van der Waals surface area contributed by atoms with E-state index in [1.807, 2.05) is 24.3 Å². The van der Waals surface area contributed by atoms with E-state index in [0.29, 0.717) is 17.2 Å². The standard InChI is InChI=1S/C16H13NO2/c1-17-14-8-7-10-3-6-12(16(18)19-2)9-13(10)15(14)11-4-5-11/h3,6-9,11H,4-5H2,2H3. The lowest BCUT2D eigenvalue weighted by Crippen LogP contribution is -2.01. The second-order valence-corrected chi connectivity index (χ2v) is 4.81. The van der Waals surface area contributed by atoms with Gasteiger partial charge in [0.05, 0.1) is 19.2 Å². The minimum atomic E-state index is -0.336. The molecule has 1 aliphatic carbocycles.